The Morgan fingerprint density at radius 2 is 1.78 bits per heavy atom. The van der Waals surface area contributed by atoms with Crippen LogP contribution in [-0.4, -0.2) is 61.0 Å². The minimum absolute atomic E-state index is 0.0506. The highest BCUT2D eigenvalue weighted by Gasteiger charge is 2.22. The van der Waals surface area contributed by atoms with Crippen LogP contribution in [0.4, 0.5) is 17.1 Å². The number of nitro benzene ring substituents is 1. The molecule has 10 heteroatoms. The van der Waals surface area contributed by atoms with Crippen molar-refractivity contribution >= 4 is 40.5 Å². The number of rotatable bonds is 7. The third-order valence-corrected chi connectivity index (χ3v) is 5.64. The fraction of sp³-hybridized carbons (Fsp3) is 0.364. The van der Waals surface area contributed by atoms with Gasteiger partial charge in [-0.25, -0.2) is 4.79 Å². The summed E-state index contributed by atoms with van der Waals surface area (Å²) < 4.78 is 5.08. The predicted octanol–water partition coefficient (Wildman–Crippen LogP) is 3.82. The molecule has 1 aliphatic rings. The molecule has 1 heterocycles. The largest absolute Gasteiger partial charge is 0.462 e. The Morgan fingerprint density at radius 3 is 2.41 bits per heavy atom. The second-order valence-electron chi connectivity index (χ2n) is 7.25. The van der Waals surface area contributed by atoms with Crippen molar-refractivity contribution < 1.29 is 19.2 Å². The standard InChI is InChI=1S/C22H25ClN4O5/c1-3-25-9-11-26(12-10-25)19-8-6-16(22(29)32-4-2)13-18(19)24-21(28)15-5-7-17(23)20(14-15)27(30)31/h5-8,13-14H,3-4,9-12H2,1-2H3,(H,24,28). The number of hydrogen-bond acceptors (Lipinski definition) is 7. The molecule has 0 bridgehead atoms. The molecule has 0 atom stereocenters. The number of anilines is 2. The molecule has 0 unspecified atom stereocenters. The van der Waals surface area contributed by atoms with E-state index in [0.29, 0.717) is 11.3 Å². The Kier molecular flexibility index (Phi) is 7.66. The molecule has 170 valence electrons. The Hall–Kier alpha value is -3.17. The van der Waals surface area contributed by atoms with Gasteiger partial charge in [-0.2, -0.15) is 0 Å². The fourth-order valence-electron chi connectivity index (χ4n) is 3.55. The molecule has 0 saturated carbocycles. The van der Waals surface area contributed by atoms with Crippen LogP contribution in [0, 0.1) is 10.1 Å². The summed E-state index contributed by atoms with van der Waals surface area (Å²) in [4.78, 5) is 40.2. The first-order valence-corrected chi connectivity index (χ1v) is 10.8. The van der Waals surface area contributed by atoms with Gasteiger partial charge in [-0.3, -0.25) is 14.9 Å². The van der Waals surface area contributed by atoms with Gasteiger partial charge in [0.25, 0.3) is 11.6 Å². The highest BCUT2D eigenvalue weighted by atomic mass is 35.5. The first-order chi connectivity index (χ1) is 15.3. The summed E-state index contributed by atoms with van der Waals surface area (Å²) in [5, 5.41) is 13.9. The minimum Gasteiger partial charge on any atom is -0.462 e. The monoisotopic (exact) mass is 460 g/mol. The van der Waals surface area contributed by atoms with Crippen molar-refractivity contribution in [3.05, 3.63) is 62.7 Å². The minimum atomic E-state index is -0.640. The van der Waals surface area contributed by atoms with E-state index in [1.165, 1.54) is 12.1 Å². The molecule has 2 aromatic rings. The zero-order valence-corrected chi connectivity index (χ0v) is 18.7. The SMILES string of the molecule is CCOC(=O)c1ccc(N2CCN(CC)CC2)c(NC(=O)c2ccc(Cl)c([N+](=O)[O-])c2)c1. The van der Waals surface area contributed by atoms with Crippen molar-refractivity contribution in [1.29, 1.82) is 0 Å². The second kappa shape index (κ2) is 10.4. The van der Waals surface area contributed by atoms with Crippen LogP contribution in [-0.2, 0) is 4.74 Å². The van der Waals surface area contributed by atoms with Crippen molar-refractivity contribution in [3.63, 3.8) is 0 Å². The lowest BCUT2D eigenvalue weighted by atomic mass is 10.1. The lowest BCUT2D eigenvalue weighted by Gasteiger charge is -2.36. The van der Waals surface area contributed by atoms with Crippen LogP contribution in [0.25, 0.3) is 0 Å². The maximum absolute atomic E-state index is 12.9. The molecule has 1 aliphatic heterocycles. The molecule has 0 aliphatic carbocycles. The van der Waals surface area contributed by atoms with E-state index in [1.54, 1.807) is 25.1 Å². The van der Waals surface area contributed by atoms with Crippen LogP contribution in [0.2, 0.25) is 5.02 Å². The van der Waals surface area contributed by atoms with Gasteiger partial charge in [0.2, 0.25) is 0 Å². The summed E-state index contributed by atoms with van der Waals surface area (Å²) in [7, 11) is 0. The van der Waals surface area contributed by atoms with Crippen molar-refractivity contribution in [3.8, 4) is 0 Å². The highest BCUT2D eigenvalue weighted by molar-refractivity contribution is 6.32. The maximum atomic E-state index is 12.9. The molecule has 3 rings (SSSR count). The first-order valence-electron chi connectivity index (χ1n) is 10.4. The molecule has 32 heavy (non-hydrogen) atoms. The summed E-state index contributed by atoms with van der Waals surface area (Å²) in [5.41, 5.74) is 1.24. The number of amides is 1. The number of nitrogens with zero attached hydrogens (tertiary/aromatic N) is 3. The van der Waals surface area contributed by atoms with Crippen molar-refractivity contribution in [2.45, 2.75) is 13.8 Å². The molecular weight excluding hydrogens is 436 g/mol. The summed E-state index contributed by atoms with van der Waals surface area (Å²) in [6, 6.07) is 8.89. The Labute approximate surface area is 191 Å². The maximum Gasteiger partial charge on any atom is 0.338 e. The quantitative estimate of drug-likeness (QED) is 0.380. The van der Waals surface area contributed by atoms with Gasteiger partial charge in [-0.15, -0.1) is 0 Å². The van der Waals surface area contributed by atoms with E-state index < -0.39 is 16.8 Å². The zero-order valence-electron chi connectivity index (χ0n) is 18.0. The number of hydrogen-bond donors (Lipinski definition) is 1. The van der Waals surface area contributed by atoms with Crippen LogP contribution in [0.3, 0.4) is 0 Å². The smallest absolute Gasteiger partial charge is 0.338 e. The van der Waals surface area contributed by atoms with Crippen molar-refractivity contribution in [1.82, 2.24) is 4.90 Å². The Bertz CT molecular complexity index is 1020. The summed E-state index contributed by atoms with van der Waals surface area (Å²) in [6.07, 6.45) is 0. The number of ether oxygens (including phenoxy) is 1. The summed E-state index contributed by atoms with van der Waals surface area (Å²) in [6.45, 7) is 8.32. The first kappa shape index (κ1) is 23.5. The van der Waals surface area contributed by atoms with Crippen molar-refractivity contribution in [2.24, 2.45) is 0 Å². The van der Waals surface area contributed by atoms with Gasteiger partial charge in [0.1, 0.15) is 5.02 Å². The Morgan fingerprint density at radius 1 is 1.09 bits per heavy atom. The average molecular weight is 461 g/mol. The van der Waals surface area contributed by atoms with Crippen LogP contribution in [0.1, 0.15) is 34.6 Å². The van der Waals surface area contributed by atoms with Gasteiger partial charge in [0.15, 0.2) is 0 Å². The molecular formula is C22H25ClN4O5. The summed E-state index contributed by atoms with van der Waals surface area (Å²) >= 11 is 5.86. The molecule has 0 radical (unpaired) electrons. The molecule has 1 fully saturated rings. The average Bonchev–Trinajstić information content (AvgIpc) is 2.79. The van der Waals surface area contributed by atoms with E-state index >= 15 is 0 Å². The van der Waals surface area contributed by atoms with Gasteiger partial charge in [0.05, 0.1) is 28.5 Å². The van der Waals surface area contributed by atoms with Crippen molar-refractivity contribution in [2.75, 3.05) is 49.5 Å². The summed E-state index contributed by atoms with van der Waals surface area (Å²) in [5.74, 6) is -1.04. The number of piperazine rings is 1. The van der Waals surface area contributed by atoms with Gasteiger partial charge >= 0.3 is 5.97 Å². The van der Waals surface area contributed by atoms with Crippen LogP contribution in [0.15, 0.2) is 36.4 Å². The van der Waals surface area contributed by atoms with Gasteiger partial charge in [0, 0.05) is 37.8 Å². The molecule has 2 aromatic carbocycles. The van der Waals surface area contributed by atoms with Gasteiger partial charge < -0.3 is 19.9 Å². The number of halogens is 1. The van der Waals surface area contributed by atoms with Crippen LogP contribution in [0.5, 0.6) is 0 Å². The van der Waals surface area contributed by atoms with Gasteiger partial charge in [-0.05, 0) is 43.8 Å². The molecule has 1 amide bonds. The molecule has 0 spiro atoms. The van der Waals surface area contributed by atoms with Gasteiger partial charge in [-0.1, -0.05) is 18.5 Å². The topological polar surface area (TPSA) is 105 Å². The fourth-order valence-corrected chi connectivity index (χ4v) is 3.73. The number of nitrogens with one attached hydrogen (secondary N) is 1. The number of likely N-dealkylation sites (N-methyl/N-ethyl adjacent to an activating group) is 1. The normalized spacial score (nSPS) is 14.2. The number of carbonyl (C=O) groups is 2. The molecule has 1 N–H and O–H groups in total. The molecule has 9 nitrogen and oxygen atoms in total. The third kappa shape index (κ3) is 5.35. The number of carbonyl (C=O) groups excluding carboxylic acids is 2. The van der Waals surface area contributed by atoms with E-state index in [4.69, 9.17) is 16.3 Å². The van der Waals surface area contributed by atoms with E-state index in [1.807, 2.05) is 0 Å². The molecule has 0 aromatic heterocycles. The lowest BCUT2D eigenvalue weighted by Crippen LogP contribution is -2.46. The Balaban J connectivity index is 1.92. The number of esters is 1. The predicted molar refractivity (Wildman–Crippen MR) is 123 cm³/mol. The zero-order chi connectivity index (χ0) is 23.3. The van der Waals surface area contributed by atoms with Crippen LogP contribution < -0.4 is 10.2 Å². The second-order valence-corrected chi connectivity index (χ2v) is 7.66. The third-order valence-electron chi connectivity index (χ3n) is 5.32. The number of nitro groups is 1. The van der Waals surface area contributed by atoms with E-state index in [2.05, 4.69) is 22.0 Å². The highest BCUT2D eigenvalue weighted by Crippen LogP contribution is 2.30. The van der Waals surface area contributed by atoms with E-state index in [-0.39, 0.29) is 22.9 Å². The molecule has 1 saturated heterocycles. The lowest BCUT2D eigenvalue weighted by molar-refractivity contribution is -0.384. The number of benzene rings is 2. The van der Waals surface area contributed by atoms with Crippen LogP contribution >= 0.6 is 11.6 Å². The van der Waals surface area contributed by atoms with E-state index in [9.17, 15) is 19.7 Å². The van der Waals surface area contributed by atoms with E-state index in [0.717, 1.165) is 44.5 Å².